The number of aromatic nitrogens is 1. The van der Waals surface area contributed by atoms with Gasteiger partial charge in [-0.05, 0) is 31.4 Å². The maximum Gasteiger partial charge on any atom is 0.0722 e. The monoisotopic (exact) mass is 242 g/mol. The molecule has 1 heterocycles. The molecular formula is C15H18N2O. The van der Waals surface area contributed by atoms with Gasteiger partial charge >= 0.3 is 0 Å². The highest BCUT2D eigenvalue weighted by Gasteiger charge is 2.24. The topological polar surface area (TPSA) is 34.1 Å². The third-order valence-corrected chi connectivity index (χ3v) is 3.73. The fourth-order valence-corrected chi connectivity index (χ4v) is 2.73. The molecule has 94 valence electrons. The second-order valence-corrected chi connectivity index (χ2v) is 4.89. The van der Waals surface area contributed by atoms with E-state index in [-0.39, 0.29) is 0 Å². The van der Waals surface area contributed by atoms with Crippen LogP contribution in [-0.4, -0.2) is 24.2 Å². The molecule has 2 aromatic rings. The minimum absolute atomic E-state index is 0.413. The van der Waals surface area contributed by atoms with Crippen LogP contribution in [-0.2, 0) is 4.74 Å². The number of hydrogen-bond acceptors (Lipinski definition) is 3. The van der Waals surface area contributed by atoms with Gasteiger partial charge in [-0.25, -0.2) is 0 Å². The molecule has 3 heteroatoms. The van der Waals surface area contributed by atoms with Crippen molar-refractivity contribution in [3.05, 3.63) is 36.5 Å². The molecule has 0 saturated heterocycles. The van der Waals surface area contributed by atoms with Crippen molar-refractivity contribution in [1.29, 1.82) is 0 Å². The van der Waals surface area contributed by atoms with Gasteiger partial charge in [0.05, 0.1) is 11.6 Å². The van der Waals surface area contributed by atoms with Gasteiger partial charge in [0.1, 0.15) is 0 Å². The lowest BCUT2D eigenvalue weighted by Crippen LogP contribution is -2.17. The molecular weight excluding hydrogens is 224 g/mol. The Morgan fingerprint density at radius 1 is 1.22 bits per heavy atom. The number of pyridine rings is 1. The van der Waals surface area contributed by atoms with E-state index in [1.54, 1.807) is 7.11 Å². The van der Waals surface area contributed by atoms with Crippen LogP contribution in [0.4, 0.5) is 5.69 Å². The highest BCUT2D eigenvalue weighted by Crippen LogP contribution is 2.28. The summed E-state index contributed by atoms with van der Waals surface area (Å²) in [5, 5.41) is 4.82. The van der Waals surface area contributed by atoms with Crippen molar-refractivity contribution < 1.29 is 4.74 Å². The van der Waals surface area contributed by atoms with Crippen LogP contribution in [0.3, 0.4) is 0 Å². The largest absolute Gasteiger partial charge is 0.382 e. The molecule has 2 atom stereocenters. The average Bonchev–Trinajstić information content (AvgIpc) is 2.87. The highest BCUT2D eigenvalue weighted by molar-refractivity contribution is 5.90. The molecule has 0 bridgehead atoms. The van der Waals surface area contributed by atoms with Crippen molar-refractivity contribution in [1.82, 2.24) is 4.98 Å². The van der Waals surface area contributed by atoms with Crippen LogP contribution in [0.15, 0.2) is 36.5 Å². The number of nitrogens with one attached hydrogen (secondary N) is 1. The summed E-state index contributed by atoms with van der Waals surface area (Å²) < 4.78 is 5.41. The minimum Gasteiger partial charge on any atom is -0.382 e. The highest BCUT2D eigenvalue weighted by atomic mass is 16.5. The Hall–Kier alpha value is -1.61. The Morgan fingerprint density at radius 3 is 2.94 bits per heavy atom. The van der Waals surface area contributed by atoms with Crippen LogP contribution in [0.2, 0.25) is 0 Å². The normalized spacial score (nSPS) is 23.4. The zero-order chi connectivity index (χ0) is 12.4. The van der Waals surface area contributed by atoms with Gasteiger partial charge < -0.3 is 10.1 Å². The molecule has 3 rings (SSSR count). The average molecular weight is 242 g/mol. The summed E-state index contributed by atoms with van der Waals surface area (Å²) in [6, 6.07) is 10.8. The number of rotatable bonds is 3. The third kappa shape index (κ3) is 2.18. The van der Waals surface area contributed by atoms with E-state index in [0.29, 0.717) is 12.1 Å². The van der Waals surface area contributed by atoms with E-state index in [4.69, 9.17) is 4.74 Å². The van der Waals surface area contributed by atoms with E-state index in [1.165, 1.54) is 17.5 Å². The Bertz CT molecular complexity index is 536. The number of anilines is 1. The summed E-state index contributed by atoms with van der Waals surface area (Å²) in [7, 11) is 1.80. The summed E-state index contributed by atoms with van der Waals surface area (Å²) in [4.78, 5) is 4.38. The number of para-hydroxylation sites is 1. The quantitative estimate of drug-likeness (QED) is 0.897. The van der Waals surface area contributed by atoms with Gasteiger partial charge in [0, 0.05) is 30.4 Å². The lowest BCUT2D eigenvalue weighted by molar-refractivity contribution is 0.108. The molecule has 1 aromatic carbocycles. The first-order chi connectivity index (χ1) is 8.86. The molecule has 18 heavy (non-hydrogen) atoms. The molecule has 1 saturated carbocycles. The number of nitrogens with zero attached hydrogens (tertiary/aromatic N) is 1. The molecule has 1 aliphatic rings. The molecule has 1 fully saturated rings. The van der Waals surface area contributed by atoms with E-state index >= 15 is 0 Å². The first-order valence-corrected chi connectivity index (χ1v) is 6.50. The van der Waals surface area contributed by atoms with E-state index < -0.39 is 0 Å². The van der Waals surface area contributed by atoms with Crippen molar-refractivity contribution in [2.45, 2.75) is 31.4 Å². The first kappa shape index (κ1) is 11.5. The molecule has 2 unspecified atom stereocenters. The minimum atomic E-state index is 0.413. The second kappa shape index (κ2) is 4.94. The summed E-state index contributed by atoms with van der Waals surface area (Å²) >= 11 is 0. The number of hydrogen-bond donors (Lipinski definition) is 1. The second-order valence-electron chi connectivity index (χ2n) is 4.89. The van der Waals surface area contributed by atoms with Crippen molar-refractivity contribution >= 4 is 16.6 Å². The van der Waals surface area contributed by atoms with Crippen LogP contribution in [0, 0.1) is 0 Å². The van der Waals surface area contributed by atoms with Crippen molar-refractivity contribution in [3.8, 4) is 0 Å². The molecule has 1 N–H and O–H groups in total. The number of ether oxygens (including phenoxy) is 1. The van der Waals surface area contributed by atoms with Crippen molar-refractivity contribution in [3.63, 3.8) is 0 Å². The molecule has 1 aliphatic carbocycles. The van der Waals surface area contributed by atoms with Crippen LogP contribution >= 0.6 is 0 Å². The summed E-state index contributed by atoms with van der Waals surface area (Å²) in [5.41, 5.74) is 2.23. The van der Waals surface area contributed by atoms with Gasteiger partial charge in [-0.15, -0.1) is 0 Å². The summed E-state index contributed by atoms with van der Waals surface area (Å²) in [6.07, 6.45) is 5.70. The van der Waals surface area contributed by atoms with Gasteiger partial charge in [-0.3, -0.25) is 4.98 Å². The fourth-order valence-electron chi connectivity index (χ4n) is 2.73. The predicted octanol–water partition coefficient (Wildman–Crippen LogP) is 3.21. The molecule has 0 amide bonds. The van der Waals surface area contributed by atoms with Gasteiger partial charge in [-0.2, -0.15) is 0 Å². The Kier molecular flexibility index (Phi) is 3.15. The van der Waals surface area contributed by atoms with Gasteiger partial charge in [0.15, 0.2) is 0 Å². The lowest BCUT2D eigenvalue weighted by atomic mass is 10.1. The zero-order valence-electron chi connectivity index (χ0n) is 10.6. The number of benzene rings is 1. The Balaban J connectivity index is 1.83. The zero-order valence-corrected chi connectivity index (χ0v) is 10.6. The predicted molar refractivity (Wildman–Crippen MR) is 73.8 cm³/mol. The van der Waals surface area contributed by atoms with Crippen LogP contribution in [0.5, 0.6) is 0 Å². The molecule has 1 aromatic heterocycles. The van der Waals surface area contributed by atoms with E-state index in [9.17, 15) is 0 Å². The van der Waals surface area contributed by atoms with Crippen LogP contribution in [0.1, 0.15) is 19.3 Å². The van der Waals surface area contributed by atoms with E-state index in [2.05, 4.69) is 28.5 Å². The summed E-state index contributed by atoms with van der Waals surface area (Å²) in [5.74, 6) is 0. The molecule has 3 nitrogen and oxygen atoms in total. The number of methoxy groups -OCH3 is 1. The first-order valence-electron chi connectivity index (χ1n) is 6.50. The van der Waals surface area contributed by atoms with E-state index in [0.717, 1.165) is 18.4 Å². The maximum absolute atomic E-state index is 5.41. The summed E-state index contributed by atoms with van der Waals surface area (Å²) in [6.45, 7) is 0. The third-order valence-electron chi connectivity index (χ3n) is 3.73. The molecule has 0 aliphatic heterocycles. The van der Waals surface area contributed by atoms with Gasteiger partial charge in [-0.1, -0.05) is 18.2 Å². The number of fused-ring (bicyclic) bond motifs is 1. The fraction of sp³-hybridized carbons (Fsp3) is 0.400. The maximum atomic E-state index is 5.41. The SMILES string of the molecule is COC1CCC(Nc2ccnc3ccccc23)C1. The Morgan fingerprint density at radius 2 is 2.11 bits per heavy atom. The van der Waals surface area contributed by atoms with E-state index in [1.807, 2.05) is 18.3 Å². The molecule has 0 spiro atoms. The van der Waals surface area contributed by atoms with Gasteiger partial charge in [0.25, 0.3) is 0 Å². The smallest absolute Gasteiger partial charge is 0.0722 e. The van der Waals surface area contributed by atoms with Crippen LogP contribution in [0.25, 0.3) is 10.9 Å². The van der Waals surface area contributed by atoms with Gasteiger partial charge in [0.2, 0.25) is 0 Å². The molecule has 0 radical (unpaired) electrons. The van der Waals surface area contributed by atoms with Crippen molar-refractivity contribution in [2.75, 3.05) is 12.4 Å². The Labute approximate surface area is 107 Å². The van der Waals surface area contributed by atoms with Crippen LogP contribution < -0.4 is 5.32 Å². The van der Waals surface area contributed by atoms with Crippen molar-refractivity contribution in [2.24, 2.45) is 0 Å². The standard InChI is InChI=1S/C15H18N2O/c1-18-12-7-6-11(10-12)17-15-8-9-16-14-5-3-2-4-13(14)15/h2-5,8-9,11-12H,6-7,10H2,1H3,(H,16,17). The lowest BCUT2D eigenvalue weighted by Gasteiger charge is -2.15.